The second-order valence-electron chi connectivity index (χ2n) is 7.85. The number of rotatable bonds is 10. The molecule has 3 N–H and O–H groups in total. The lowest BCUT2D eigenvalue weighted by Gasteiger charge is -2.20. The molecule has 0 radical (unpaired) electrons. The third kappa shape index (κ3) is 6.15. The fourth-order valence-corrected chi connectivity index (χ4v) is 3.97. The molecular weight excluding hydrogens is 436 g/mol. The predicted octanol–water partition coefficient (Wildman–Crippen LogP) is 2.91. The van der Waals surface area contributed by atoms with Crippen LogP contribution in [0.5, 0.6) is 0 Å². The maximum atomic E-state index is 12.6. The SMILES string of the molecule is CC#CCC(NC(=O)OCC1c2ccccc2-c2ccccc21)C(=O)NCC(CC(=O)O)OC. The standard InChI is InChI=1S/C26H28N2O6/c1-3-4-13-23(25(31)27-15-17(33-2)14-24(29)30)28-26(32)34-16-22-20-11-7-5-9-18(20)19-10-6-8-12-21(19)22/h5-12,17,22-23H,13-16H2,1-2H3,(H,27,31)(H,28,32)(H,29,30). The van der Waals surface area contributed by atoms with E-state index in [1.165, 1.54) is 7.11 Å². The average molecular weight is 465 g/mol. The molecule has 2 unspecified atom stereocenters. The quantitative estimate of drug-likeness (QED) is 0.466. The Morgan fingerprint density at radius 1 is 1.06 bits per heavy atom. The molecule has 8 nitrogen and oxygen atoms in total. The normalized spacial score (nSPS) is 13.5. The highest BCUT2D eigenvalue weighted by molar-refractivity contribution is 5.86. The zero-order valence-electron chi connectivity index (χ0n) is 19.2. The molecule has 0 saturated heterocycles. The number of hydrogen-bond acceptors (Lipinski definition) is 5. The Bertz CT molecular complexity index is 1060. The number of aliphatic carboxylic acids is 1. The lowest BCUT2D eigenvalue weighted by Crippen LogP contribution is -2.48. The van der Waals surface area contributed by atoms with Crippen LogP contribution in [0.15, 0.2) is 48.5 Å². The number of carbonyl (C=O) groups excluding carboxylic acids is 2. The van der Waals surface area contributed by atoms with Crippen LogP contribution in [0.2, 0.25) is 0 Å². The van der Waals surface area contributed by atoms with Crippen LogP contribution in [0.4, 0.5) is 4.79 Å². The number of carboxylic acids is 1. The van der Waals surface area contributed by atoms with E-state index in [4.69, 9.17) is 14.6 Å². The van der Waals surface area contributed by atoms with Gasteiger partial charge in [0.05, 0.1) is 12.5 Å². The van der Waals surface area contributed by atoms with E-state index in [2.05, 4.69) is 34.6 Å². The van der Waals surface area contributed by atoms with Crippen molar-refractivity contribution in [3.8, 4) is 23.0 Å². The van der Waals surface area contributed by atoms with Gasteiger partial charge in [-0.2, -0.15) is 0 Å². The molecule has 0 aliphatic heterocycles. The lowest BCUT2D eigenvalue weighted by atomic mass is 9.98. The van der Waals surface area contributed by atoms with Gasteiger partial charge in [0.2, 0.25) is 5.91 Å². The minimum atomic E-state index is -1.04. The first kappa shape index (κ1) is 24.8. The smallest absolute Gasteiger partial charge is 0.407 e. The van der Waals surface area contributed by atoms with Gasteiger partial charge in [-0.25, -0.2) is 4.79 Å². The van der Waals surface area contributed by atoms with Gasteiger partial charge in [-0.1, -0.05) is 48.5 Å². The molecule has 0 saturated carbocycles. The Balaban J connectivity index is 1.61. The summed E-state index contributed by atoms with van der Waals surface area (Å²) < 4.78 is 10.6. The van der Waals surface area contributed by atoms with Gasteiger partial charge in [-0.15, -0.1) is 11.8 Å². The summed E-state index contributed by atoms with van der Waals surface area (Å²) >= 11 is 0. The zero-order valence-corrected chi connectivity index (χ0v) is 19.2. The van der Waals surface area contributed by atoms with Crippen LogP contribution in [0.25, 0.3) is 11.1 Å². The van der Waals surface area contributed by atoms with Crippen LogP contribution in [0, 0.1) is 11.8 Å². The van der Waals surface area contributed by atoms with E-state index in [1.807, 2.05) is 36.4 Å². The number of amides is 2. The summed E-state index contributed by atoms with van der Waals surface area (Å²) in [4.78, 5) is 36.1. The molecule has 178 valence electrons. The molecule has 1 aliphatic rings. The maximum absolute atomic E-state index is 12.6. The molecule has 0 aromatic heterocycles. The molecule has 2 amide bonds. The summed E-state index contributed by atoms with van der Waals surface area (Å²) in [5.74, 6) is 3.86. The Labute approximate surface area is 198 Å². The second kappa shape index (κ2) is 11.9. The van der Waals surface area contributed by atoms with E-state index in [0.717, 1.165) is 22.3 Å². The first-order chi connectivity index (χ1) is 16.4. The number of benzene rings is 2. The van der Waals surface area contributed by atoms with Gasteiger partial charge in [-0.3, -0.25) is 9.59 Å². The summed E-state index contributed by atoms with van der Waals surface area (Å²) in [6.45, 7) is 1.75. The van der Waals surface area contributed by atoms with Crippen molar-refractivity contribution < 1.29 is 29.0 Å². The van der Waals surface area contributed by atoms with Crippen LogP contribution >= 0.6 is 0 Å². The molecule has 2 aromatic carbocycles. The zero-order chi connectivity index (χ0) is 24.5. The molecule has 1 aliphatic carbocycles. The lowest BCUT2D eigenvalue weighted by molar-refractivity contribution is -0.140. The van der Waals surface area contributed by atoms with Crippen molar-refractivity contribution in [1.82, 2.24) is 10.6 Å². The average Bonchev–Trinajstić information content (AvgIpc) is 3.16. The number of nitrogens with one attached hydrogen (secondary N) is 2. The molecule has 34 heavy (non-hydrogen) atoms. The van der Waals surface area contributed by atoms with E-state index >= 15 is 0 Å². The van der Waals surface area contributed by atoms with Crippen LogP contribution in [0.3, 0.4) is 0 Å². The van der Waals surface area contributed by atoms with E-state index in [0.29, 0.717) is 0 Å². The fraction of sp³-hybridized carbons (Fsp3) is 0.346. The first-order valence-corrected chi connectivity index (χ1v) is 11.0. The van der Waals surface area contributed by atoms with Crippen LogP contribution in [0.1, 0.15) is 36.8 Å². The third-order valence-electron chi connectivity index (χ3n) is 5.67. The van der Waals surface area contributed by atoms with E-state index in [-0.39, 0.29) is 31.9 Å². The molecule has 0 spiro atoms. The summed E-state index contributed by atoms with van der Waals surface area (Å²) in [5, 5.41) is 14.1. The first-order valence-electron chi connectivity index (χ1n) is 11.0. The Kier molecular flexibility index (Phi) is 8.66. The van der Waals surface area contributed by atoms with E-state index in [1.54, 1.807) is 6.92 Å². The van der Waals surface area contributed by atoms with Crippen LogP contribution in [-0.2, 0) is 19.1 Å². The Morgan fingerprint density at radius 2 is 1.68 bits per heavy atom. The Morgan fingerprint density at radius 3 is 2.24 bits per heavy atom. The van der Waals surface area contributed by atoms with E-state index < -0.39 is 30.1 Å². The monoisotopic (exact) mass is 464 g/mol. The minimum Gasteiger partial charge on any atom is -0.481 e. The summed E-state index contributed by atoms with van der Waals surface area (Å²) in [5.41, 5.74) is 4.42. The highest BCUT2D eigenvalue weighted by Gasteiger charge is 2.29. The second-order valence-corrected chi connectivity index (χ2v) is 7.85. The van der Waals surface area contributed by atoms with Crippen molar-refractivity contribution in [1.29, 1.82) is 0 Å². The van der Waals surface area contributed by atoms with Crippen molar-refractivity contribution in [3.63, 3.8) is 0 Å². The minimum absolute atomic E-state index is 0.00986. The van der Waals surface area contributed by atoms with Gasteiger partial charge in [0, 0.05) is 26.0 Å². The van der Waals surface area contributed by atoms with Gasteiger partial charge in [0.25, 0.3) is 0 Å². The summed E-state index contributed by atoms with van der Waals surface area (Å²) in [6.07, 6.45) is -1.58. The van der Waals surface area contributed by atoms with Gasteiger partial charge in [-0.05, 0) is 29.2 Å². The number of alkyl carbamates (subject to hydrolysis) is 1. The molecule has 3 rings (SSSR count). The number of ether oxygens (including phenoxy) is 2. The van der Waals surface area contributed by atoms with Gasteiger partial charge >= 0.3 is 12.1 Å². The number of carboxylic acid groups (broad SMARTS) is 1. The van der Waals surface area contributed by atoms with Gasteiger partial charge in [0.1, 0.15) is 12.6 Å². The van der Waals surface area contributed by atoms with Gasteiger partial charge < -0.3 is 25.2 Å². The maximum Gasteiger partial charge on any atom is 0.407 e. The summed E-state index contributed by atoms with van der Waals surface area (Å²) in [7, 11) is 1.37. The van der Waals surface area contributed by atoms with E-state index in [9.17, 15) is 14.4 Å². The fourth-order valence-electron chi connectivity index (χ4n) is 3.97. The van der Waals surface area contributed by atoms with Crippen LogP contribution in [-0.4, -0.2) is 55.5 Å². The molecule has 0 heterocycles. The van der Waals surface area contributed by atoms with Crippen LogP contribution < -0.4 is 10.6 Å². The number of fused-ring (bicyclic) bond motifs is 3. The van der Waals surface area contributed by atoms with Gasteiger partial charge in [0.15, 0.2) is 0 Å². The van der Waals surface area contributed by atoms with Crippen molar-refractivity contribution in [2.24, 2.45) is 0 Å². The molecule has 2 atom stereocenters. The van der Waals surface area contributed by atoms with Crippen molar-refractivity contribution in [2.75, 3.05) is 20.3 Å². The molecule has 0 bridgehead atoms. The summed E-state index contributed by atoms with van der Waals surface area (Å²) in [6, 6.07) is 15.1. The topological polar surface area (TPSA) is 114 Å². The molecule has 2 aromatic rings. The number of hydrogen-bond donors (Lipinski definition) is 3. The third-order valence-corrected chi connectivity index (χ3v) is 5.67. The van der Waals surface area contributed by atoms with Crippen molar-refractivity contribution in [2.45, 2.75) is 37.8 Å². The molecule has 8 heteroatoms. The highest BCUT2D eigenvalue weighted by Crippen LogP contribution is 2.44. The molecule has 0 fully saturated rings. The molecular formula is C26H28N2O6. The van der Waals surface area contributed by atoms with Crippen molar-refractivity contribution >= 4 is 18.0 Å². The number of carbonyl (C=O) groups is 3. The Hall–Kier alpha value is -3.83. The van der Waals surface area contributed by atoms with Crippen molar-refractivity contribution in [3.05, 3.63) is 59.7 Å². The number of methoxy groups -OCH3 is 1. The highest BCUT2D eigenvalue weighted by atomic mass is 16.5. The largest absolute Gasteiger partial charge is 0.481 e. The predicted molar refractivity (Wildman–Crippen MR) is 126 cm³/mol.